The molecule has 0 radical (unpaired) electrons. The van der Waals surface area contributed by atoms with Gasteiger partial charge in [-0.15, -0.1) is 0 Å². The van der Waals surface area contributed by atoms with Crippen LogP contribution in [0.25, 0.3) is 17.0 Å². The van der Waals surface area contributed by atoms with Gasteiger partial charge in [0, 0.05) is 12.6 Å². The Labute approximate surface area is 180 Å². The van der Waals surface area contributed by atoms with Gasteiger partial charge in [-0.05, 0) is 42.8 Å². The van der Waals surface area contributed by atoms with Crippen LogP contribution in [0.5, 0.6) is 11.5 Å². The molecular formula is C24H25N3O4. The van der Waals surface area contributed by atoms with Gasteiger partial charge in [-0.3, -0.25) is 9.59 Å². The van der Waals surface area contributed by atoms with Crippen LogP contribution in [-0.4, -0.2) is 41.0 Å². The summed E-state index contributed by atoms with van der Waals surface area (Å²) >= 11 is 0. The minimum absolute atomic E-state index is 0.191. The van der Waals surface area contributed by atoms with Crippen molar-refractivity contribution in [1.82, 2.24) is 14.9 Å². The van der Waals surface area contributed by atoms with Crippen molar-refractivity contribution in [2.75, 3.05) is 20.3 Å². The maximum Gasteiger partial charge on any atom is 0.258 e. The van der Waals surface area contributed by atoms with E-state index in [1.54, 1.807) is 54.5 Å². The number of amides is 1. The maximum absolute atomic E-state index is 12.7. The van der Waals surface area contributed by atoms with Gasteiger partial charge in [-0.1, -0.05) is 30.9 Å². The van der Waals surface area contributed by atoms with E-state index >= 15 is 0 Å². The first kappa shape index (κ1) is 21.8. The van der Waals surface area contributed by atoms with E-state index in [4.69, 9.17) is 9.47 Å². The number of rotatable bonds is 9. The number of para-hydroxylation sites is 1. The number of ether oxygens (including phenoxy) is 2. The first-order valence-corrected chi connectivity index (χ1v) is 9.92. The van der Waals surface area contributed by atoms with E-state index in [1.165, 1.54) is 6.08 Å². The van der Waals surface area contributed by atoms with Crippen LogP contribution >= 0.6 is 0 Å². The number of H-pyrrole nitrogens is 1. The van der Waals surface area contributed by atoms with Gasteiger partial charge < -0.3 is 19.4 Å². The van der Waals surface area contributed by atoms with Crippen molar-refractivity contribution in [3.63, 3.8) is 0 Å². The highest BCUT2D eigenvalue weighted by Crippen LogP contribution is 2.28. The second-order valence-electron chi connectivity index (χ2n) is 6.73. The van der Waals surface area contributed by atoms with Crippen molar-refractivity contribution < 1.29 is 14.3 Å². The summed E-state index contributed by atoms with van der Waals surface area (Å²) in [7, 11) is 1.56. The van der Waals surface area contributed by atoms with Crippen molar-refractivity contribution in [1.29, 1.82) is 0 Å². The van der Waals surface area contributed by atoms with E-state index in [-0.39, 0.29) is 18.0 Å². The molecule has 0 aliphatic carbocycles. The van der Waals surface area contributed by atoms with Crippen LogP contribution < -0.4 is 15.0 Å². The Morgan fingerprint density at radius 1 is 1.23 bits per heavy atom. The van der Waals surface area contributed by atoms with Crippen molar-refractivity contribution in [2.45, 2.75) is 13.5 Å². The number of aromatic nitrogens is 2. The van der Waals surface area contributed by atoms with Crippen LogP contribution in [0.1, 0.15) is 18.3 Å². The lowest BCUT2D eigenvalue weighted by atomic mass is 10.2. The Balaban J connectivity index is 1.74. The molecule has 1 heterocycles. The molecule has 7 heteroatoms. The molecule has 0 saturated carbocycles. The monoisotopic (exact) mass is 419 g/mol. The number of hydrogen-bond donors (Lipinski definition) is 1. The SMILES string of the molecule is C=CCOc1ccc(/C=C/C(=O)N(CC)Cc2nc3ccccc3c(=O)[nH]2)cc1OC. The second kappa shape index (κ2) is 10.2. The molecule has 0 bridgehead atoms. The smallest absolute Gasteiger partial charge is 0.258 e. The van der Waals surface area contributed by atoms with Crippen molar-refractivity contribution >= 4 is 22.9 Å². The number of methoxy groups -OCH3 is 1. The lowest BCUT2D eigenvalue weighted by Gasteiger charge is -2.18. The third kappa shape index (κ3) is 5.39. The Bertz CT molecular complexity index is 1170. The fourth-order valence-corrected chi connectivity index (χ4v) is 3.06. The Morgan fingerprint density at radius 3 is 2.77 bits per heavy atom. The average molecular weight is 419 g/mol. The van der Waals surface area contributed by atoms with Crippen molar-refractivity contribution in [2.24, 2.45) is 0 Å². The van der Waals surface area contributed by atoms with Crippen LogP contribution in [-0.2, 0) is 11.3 Å². The van der Waals surface area contributed by atoms with Crippen molar-refractivity contribution in [3.8, 4) is 11.5 Å². The molecule has 0 fully saturated rings. The zero-order valence-electron chi connectivity index (χ0n) is 17.6. The highest BCUT2D eigenvalue weighted by Gasteiger charge is 2.12. The Hall–Kier alpha value is -3.87. The number of carbonyl (C=O) groups is 1. The molecule has 0 unspecified atom stereocenters. The lowest BCUT2D eigenvalue weighted by Crippen LogP contribution is -2.30. The molecule has 0 spiro atoms. The van der Waals surface area contributed by atoms with Crippen LogP contribution in [0.15, 0.2) is 66.0 Å². The number of fused-ring (bicyclic) bond motifs is 1. The third-order valence-electron chi connectivity index (χ3n) is 4.66. The van der Waals surface area contributed by atoms with E-state index in [0.717, 1.165) is 5.56 Å². The number of nitrogens with zero attached hydrogens (tertiary/aromatic N) is 2. The Morgan fingerprint density at radius 2 is 2.03 bits per heavy atom. The first-order valence-electron chi connectivity index (χ1n) is 9.92. The van der Waals surface area contributed by atoms with Crippen LogP contribution in [0.2, 0.25) is 0 Å². The van der Waals surface area contributed by atoms with E-state index in [2.05, 4.69) is 16.5 Å². The molecule has 1 amide bonds. The summed E-state index contributed by atoms with van der Waals surface area (Å²) in [6.07, 6.45) is 4.85. The van der Waals surface area contributed by atoms with Gasteiger partial charge in [-0.25, -0.2) is 4.98 Å². The topological polar surface area (TPSA) is 84.5 Å². The van der Waals surface area contributed by atoms with Gasteiger partial charge in [0.25, 0.3) is 5.56 Å². The predicted octanol–water partition coefficient (Wildman–Crippen LogP) is 3.56. The summed E-state index contributed by atoms with van der Waals surface area (Å²) < 4.78 is 10.9. The van der Waals surface area contributed by atoms with E-state index in [1.807, 2.05) is 19.1 Å². The minimum atomic E-state index is -0.217. The number of carbonyl (C=O) groups excluding carboxylic acids is 1. The molecule has 0 saturated heterocycles. The molecule has 1 N–H and O–H groups in total. The third-order valence-corrected chi connectivity index (χ3v) is 4.66. The summed E-state index contributed by atoms with van der Waals surface area (Å²) in [5, 5.41) is 0.523. The molecule has 0 atom stereocenters. The first-order chi connectivity index (χ1) is 15.0. The largest absolute Gasteiger partial charge is 0.493 e. The summed E-state index contributed by atoms with van der Waals surface area (Å²) in [5.74, 6) is 1.43. The standard InChI is InChI=1S/C24H25N3O4/c1-4-14-31-20-12-10-17(15-21(20)30-3)11-13-23(28)27(5-2)16-22-25-19-9-7-6-8-18(19)24(29)26-22/h4,6-13,15H,1,5,14,16H2,2-3H3,(H,25,26,29)/b13-11+. The molecular weight excluding hydrogens is 394 g/mol. The number of nitrogens with one attached hydrogen (secondary N) is 1. The predicted molar refractivity (Wildman–Crippen MR) is 121 cm³/mol. The Kier molecular flexibility index (Phi) is 7.22. The molecule has 1 aromatic heterocycles. The molecule has 31 heavy (non-hydrogen) atoms. The molecule has 0 aliphatic heterocycles. The molecule has 0 aliphatic rings. The number of benzene rings is 2. The van der Waals surface area contributed by atoms with Gasteiger partial charge >= 0.3 is 0 Å². The molecule has 3 aromatic rings. The summed E-state index contributed by atoms with van der Waals surface area (Å²) in [6.45, 7) is 6.55. The van der Waals surface area contributed by atoms with Crippen molar-refractivity contribution in [3.05, 3.63) is 82.9 Å². The molecule has 7 nitrogen and oxygen atoms in total. The van der Waals surface area contributed by atoms with E-state index < -0.39 is 0 Å². The normalized spacial score (nSPS) is 10.9. The van der Waals surface area contributed by atoms with Gasteiger partial charge in [0.1, 0.15) is 12.4 Å². The van der Waals surface area contributed by atoms with Gasteiger partial charge in [-0.2, -0.15) is 0 Å². The lowest BCUT2D eigenvalue weighted by molar-refractivity contribution is -0.126. The fourth-order valence-electron chi connectivity index (χ4n) is 3.06. The fraction of sp³-hybridized carbons (Fsp3) is 0.208. The summed E-state index contributed by atoms with van der Waals surface area (Å²) in [6, 6.07) is 12.5. The molecule has 160 valence electrons. The van der Waals surface area contributed by atoms with Crippen LogP contribution in [0.4, 0.5) is 0 Å². The molecule has 2 aromatic carbocycles. The van der Waals surface area contributed by atoms with E-state index in [0.29, 0.717) is 41.4 Å². The zero-order chi connectivity index (χ0) is 22.2. The van der Waals surface area contributed by atoms with Crippen LogP contribution in [0, 0.1) is 0 Å². The number of hydrogen-bond acceptors (Lipinski definition) is 5. The van der Waals surface area contributed by atoms with Gasteiger partial charge in [0.05, 0.1) is 24.6 Å². The van der Waals surface area contributed by atoms with Gasteiger partial charge in [0.2, 0.25) is 5.91 Å². The second-order valence-corrected chi connectivity index (χ2v) is 6.73. The quantitative estimate of drug-likeness (QED) is 0.423. The molecule has 3 rings (SSSR count). The van der Waals surface area contributed by atoms with Gasteiger partial charge in [0.15, 0.2) is 11.5 Å². The number of likely N-dealkylation sites (N-methyl/N-ethyl adjacent to an activating group) is 1. The minimum Gasteiger partial charge on any atom is -0.493 e. The number of aromatic amines is 1. The summed E-state index contributed by atoms with van der Waals surface area (Å²) in [4.78, 5) is 33.8. The van der Waals surface area contributed by atoms with Crippen LogP contribution in [0.3, 0.4) is 0 Å². The summed E-state index contributed by atoms with van der Waals surface area (Å²) in [5.41, 5.74) is 1.18. The highest BCUT2D eigenvalue weighted by atomic mass is 16.5. The average Bonchev–Trinajstić information content (AvgIpc) is 2.79. The van der Waals surface area contributed by atoms with E-state index in [9.17, 15) is 9.59 Å². The maximum atomic E-state index is 12.7. The highest BCUT2D eigenvalue weighted by molar-refractivity contribution is 5.91. The zero-order valence-corrected chi connectivity index (χ0v) is 17.6.